The van der Waals surface area contributed by atoms with E-state index < -0.39 is 11.8 Å². The van der Waals surface area contributed by atoms with Crippen LogP contribution in [-0.4, -0.2) is 10.8 Å². The molecule has 1 aliphatic rings. The first-order valence-electron chi connectivity index (χ1n) is 6.08. The number of Topliss-reactive ketones (excluding diaryl/α,β-unsaturated/α-hetero) is 1. The third-order valence-corrected chi connectivity index (χ3v) is 4.45. The van der Waals surface area contributed by atoms with Crippen LogP contribution in [0.2, 0.25) is 0 Å². The number of rotatable bonds is 2. The van der Waals surface area contributed by atoms with E-state index in [0.717, 1.165) is 30.7 Å². The predicted octanol–water partition coefficient (Wildman–Crippen LogP) is 3.72. The van der Waals surface area contributed by atoms with Gasteiger partial charge >= 0.3 is 0 Å². The molecule has 0 fully saturated rings. The fourth-order valence-corrected chi connectivity index (χ4v) is 3.54. The van der Waals surface area contributed by atoms with Gasteiger partial charge in [0.15, 0.2) is 11.6 Å². The number of hydrogen-bond donors (Lipinski definition) is 0. The van der Waals surface area contributed by atoms with Crippen LogP contribution in [0.3, 0.4) is 0 Å². The molecule has 2 heterocycles. The van der Waals surface area contributed by atoms with E-state index in [1.807, 2.05) is 11.4 Å². The number of carbonyl (C=O) groups is 1. The quantitative estimate of drug-likeness (QED) is 0.619. The molecule has 0 aromatic carbocycles. The molecule has 98 valence electrons. The van der Waals surface area contributed by atoms with Gasteiger partial charge in [0.05, 0.1) is 11.8 Å². The van der Waals surface area contributed by atoms with Crippen LogP contribution in [-0.2, 0) is 6.42 Å². The molecule has 1 atom stereocenters. The molecule has 2 nitrogen and oxygen atoms in total. The highest BCUT2D eigenvalue weighted by atomic mass is 32.1. The number of nitrogens with zero attached hydrogens (tertiary/aromatic N) is 1. The van der Waals surface area contributed by atoms with Crippen molar-refractivity contribution in [3.05, 3.63) is 51.5 Å². The van der Waals surface area contributed by atoms with Crippen molar-refractivity contribution in [1.29, 1.82) is 0 Å². The summed E-state index contributed by atoms with van der Waals surface area (Å²) in [6.45, 7) is 0. The molecule has 0 saturated heterocycles. The molecule has 0 amide bonds. The third-order valence-electron chi connectivity index (χ3n) is 3.46. The van der Waals surface area contributed by atoms with Crippen LogP contribution in [0.5, 0.6) is 0 Å². The van der Waals surface area contributed by atoms with Gasteiger partial charge in [-0.25, -0.2) is 9.37 Å². The van der Waals surface area contributed by atoms with E-state index in [-0.39, 0.29) is 17.3 Å². The second-order valence-electron chi connectivity index (χ2n) is 4.60. The molecule has 5 heteroatoms. The summed E-state index contributed by atoms with van der Waals surface area (Å²) < 4.78 is 26.7. The lowest BCUT2D eigenvalue weighted by Crippen LogP contribution is -2.18. The van der Waals surface area contributed by atoms with Crippen molar-refractivity contribution in [2.45, 2.75) is 25.2 Å². The van der Waals surface area contributed by atoms with Gasteiger partial charge in [0.1, 0.15) is 0 Å². The Kier molecular flexibility index (Phi) is 3.14. The Balaban J connectivity index is 2.00. The highest BCUT2D eigenvalue weighted by Crippen LogP contribution is 2.37. The van der Waals surface area contributed by atoms with E-state index >= 15 is 0 Å². The molecule has 0 saturated carbocycles. The molecule has 0 aliphatic heterocycles. The summed E-state index contributed by atoms with van der Waals surface area (Å²) in [5, 5.41) is 1.94. The van der Waals surface area contributed by atoms with Gasteiger partial charge in [-0.3, -0.25) is 4.79 Å². The average molecular weight is 279 g/mol. The zero-order chi connectivity index (χ0) is 13.4. The summed E-state index contributed by atoms with van der Waals surface area (Å²) in [6, 6.07) is 2.80. The molecular formula is C14H11F2NOS. The zero-order valence-electron chi connectivity index (χ0n) is 10.0. The van der Waals surface area contributed by atoms with Crippen molar-refractivity contribution >= 4 is 17.1 Å². The molecule has 3 rings (SSSR count). The Labute approximate surface area is 113 Å². The van der Waals surface area contributed by atoms with Crippen LogP contribution >= 0.6 is 11.3 Å². The highest BCUT2D eigenvalue weighted by Gasteiger charge is 2.29. The number of fused-ring (bicyclic) bond motifs is 1. The Hall–Kier alpha value is -1.62. The molecule has 2 aromatic rings. The van der Waals surface area contributed by atoms with Crippen molar-refractivity contribution in [2.75, 3.05) is 0 Å². The highest BCUT2D eigenvalue weighted by molar-refractivity contribution is 7.10. The molecule has 19 heavy (non-hydrogen) atoms. The Morgan fingerprint density at radius 2 is 2.26 bits per heavy atom. The molecule has 0 bridgehead atoms. The molecule has 2 aromatic heterocycles. The molecular weight excluding hydrogens is 268 g/mol. The van der Waals surface area contributed by atoms with Crippen LogP contribution in [0, 0.1) is 11.8 Å². The van der Waals surface area contributed by atoms with E-state index in [4.69, 9.17) is 0 Å². The fourth-order valence-electron chi connectivity index (χ4n) is 2.55. The number of carbonyl (C=O) groups excluding carboxylic acids is 1. The van der Waals surface area contributed by atoms with E-state index in [2.05, 4.69) is 4.98 Å². The van der Waals surface area contributed by atoms with Crippen molar-refractivity contribution in [2.24, 2.45) is 0 Å². The van der Waals surface area contributed by atoms with E-state index in [9.17, 15) is 13.6 Å². The first kappa shape index (κ1) is 12.4. The van der Waals surface area contributed by atoms with E-state index in [1.54, 1.807) is 11.3 Å². The minimum Gasteiger partial charge on any atom is -0.293 e. The minimum absolute atomic E-state index is 0.198. The topological polar surface area (TPSA) is 30.0 Å². The summed E-state index contributed by atoms with van der Waals surface area (Å²) in [5.41, 5.74) is 0.773. The summed E-state index contributed by atoms with van der Waals surface area (Å²) >= 11 is 1.62. The second kappa shape index (κ2) is 4.81. The van der Waals surface area contributed by atoms with Gasteiger partial charge in [0.2, 0.25) is 5.95 Å². The van der Waals surface area contributed by atoms with Crippen molar-refractivity contribution < 1.29 is 13.6 Å². The number of aromatic nitrogens is 1. The van der Waals surface area contributed by atoms with E-state index in [0.29, 0.717) is 6.42 Å². The van der Waals surface area contributed by atoms with Crippen LogP contribution in [0.25, 0.3) is 0 Å². The largest absolute Gasteiger partial charge is 0.293 e. The maximum Gasteiger partial charge on any atom is 0.213 e. The van der Waals surface area contributed by atoms with Gasteiger partial charge in [-0.05, 0) is 36.3 Å². The van der Waals surface area contributed by atoms with Crippen LogP contribution in [0.1, 0.15) is 39.6 Å². The smallest absolute Gasteiger partial charge is 0.213 e. The first-order chi connectivity index (χ1) is 9.16. The van der Waals surface area contributed by atoms with Crippen LogP contribution < -0.4 is 0 Å². The molecule has 0 N–H and O–H groups in total. The Morgan fingerprint density at radius 3 is 3.11 bits per heavy atom. The van der Waals surface area contributed by atoms with Gasteiger partial charge in [-0.1, -0.05) is 0 Å². The standard InChI is InChI=1S/C14H11F2NOS/c15-11-7-17-13(16)6-10(11)14(18)9-2-1-3-12-8(9)4-5-19-12/h4-7,9H,1-3H2. The van der Waals surface area contributed by atoms with Gasteiger partial charge in [0, 0.05) is 16.9 Å². The lowest BCUT2D eigenvalue weighted by molar-refractivity contribution is 0.0946. The monoisotopic (exact) mass is 279 g/mol. The molecule has 0 spiro atoms. The van der Waals surface area contributed by atoms with Crippen LogP contribution in [0.4, 0.5) is 8.78 Å². The third kappa shape index (κ3) is 2.18. The normalized spacial score (nSPS) is 18.1. The number of aryl methyl sites for hydroxylation is 1. The van der Waals surface area contributed by atoms with Gasteiger partial charge in [-0.15, -0.1) is 11.3 Å². The zero-order valence-corrected chi connectivity index (χ0v) is 10.8. The van der Waals surface area contributed by atoms with E-state index in [1.165, 1.54) is 4.88 Å². The van der Waals surface area contributed by atoms with Gasteiger partial charge in [-0.2, -0.15) is 4.39 Å². The number of pyridine rings is 1. The number of thiophene rings is 1. The number of halogens is 2. The molecule has 1 unspecified atom stereocenters. The molecule has 1 aliphatic carbocycles. The lowest BCUT2D eigenvalue weighted by atomic mass is 9.82. The lowest BCUT2D eigenvalue weighted by Gasteiger charge is -2.21. The first-order valence-corrected chi connectivity index (χ1v) is 6.96. The maximum absolute atomic E-state index is 13.6. The van der Waals surface area contributed by atoms with Crippen molar-refractivity contribution in [3.8, 4) is 0 Å². The van der Waals surface area contributed by atoms with Crippen LogP contribution in [0.15, 0.2) is 23.7 Å². The number of ketones is 1. The Bertz CT molecular complexity index is 638. The Morgan fingerprint density at radius 1 is 1.42 bits per heavy atom. The fraction of sp³-hybridized carbons (Fsp3) is 0.286. The number of hydrogen-bond acceptors (Lipinski definition) is 3. The van der Waals surface area contributed by atoms with Crippen molar-refractivity contribution in [1.82, 2.24) is 4.98 Å². The summed E-state index contributed by atoms with van der Waals surface area (Å²) in [5.74, 6) is -2.29. The maximum atomic E-state index is 13.6. The van der Waals surface area contributed by atoms with Crippen molar-refractivity contribution in [3.63, 3.8) is 0 Å². The minimum atomic E-state index is -0.828. The predicted molar refractivity (Wildman–Crippen MR) is 68.5 cm³/mol. The van der Waals surface area contributed by atoms with Gasteiger partial charge < -0.3 is 0 Å². The summed E-state index contributed by atoms with van der Waals surface area (Å²) in [4.78, 5) is 16.8. The van der Waals surface area contributed by atoms with Gasteiger partial charge in [0.25, 0.3) is 0 Å². The summed E-state index contributed by atoms with van der Waals surface area (Å²) in [6.07, 6.45) is 3.31. The second-order valence-corrected chi connectivity index (χ2v) is 5.60. The average Bonchev–Trinajstić information content (AvgIpc) is 2.89. The SMILES string of the molecule is O=C(c1cc(F)ncc1F)C1CCCc2sccc21. The summed E-state index contributed by atoms with van der Waals surface area (Å²) in [7, 11) is 0. The molecule has 0 radical (unpaired) electrons.